The molecule has 2 aromatic heterocycles. The molecule has 9 nitrogen and oxygen atoms in total. The minimum absolute atomic E-state index is 0.134. The summed E-state index contributed by atoms with van der Waals surface area (Å²) in [4.78, 5) is 47.5. The molecule has 3 heterocycles. The lowest BCUT2D eigenvalue weighted by atomic mass is 10.1. The van der Waals surface area contributed by atoms with Gasteiger partial charge in [0.15, 0.2) is 0 Å². The van der Waals surface area contributed by atoms with Crippen molar-refractivity contribution in [1.82, 2.24) is 19.4 Å². The molecule has 1 N–H and O–H groups in total. The van der Waals surface area contributed by atoms with Crippen LogP contribution in [0.1, 0.15) is 22.8 Å². The molecule has 1 amide bonds. The number of pyridine rings is 1. The third kappa shape index (κ3) is 3.43. The van der Waals surface area contributed by atoms with E-state index in [9.17, 15) is 14.4 Å². The second kappa shape index (κ2) is 7.83. The summed E-state index contributed by atoms with van der Waals surface area (Å²) in [7, 11) is 0. The quantitative estimate of drug-likeness (QED) is 0.650. The molecule has 3 aromatic rings. The van der Waals surface area contributed by atoms with Gasteiger partial charge in [-0.05, 0) is 37.3 Å². The van der Waals surface area contributed by atoms with Crippen molar-refractivity contribution in [3.05, 3.63) is 68.4 Å². The minimum Gasteiger partial charge on any atom is -0.353 e. The number of aryl methyl sites for hydroxylation is 1. The fourth-order valence-electron chi connectivity index (χ4n) is 3.71. The molecule has 30 heavy (non-hydrogen) atoms. The summed E-state index contributed by atoms with van der Waals surface area (Å²) in [5, 5.41) is 9.05. The van der Waals surface area contributed by atoms with Crippen LogP contribution < -0.4 is 16.0 Å². The fourth-order valence-corrected chi connectivity index (χ4v) is 3.71. The molecule has 0 saturated carbocycles. The number of H-pyrrole nitrogens is 1. The van der Waals surface area contributed by atoms with E-state index in [1.165, 1.54) is 4.57 Å². The van der Waals surface area contributed by atoms with Gasteiger partial charge >= 0.3 is 11.1 Å². The van der Waals surface area contributed by atoms with E-state index in [2.05, 4.69) is 16.0 Å². The molecular formula is C21H20N6O3. The van der Waals surface area contributed by atoms with Gasteiger partial charge < -0.3 is 19.4 Å². The molecule has 0 unspecified atom stereocenters. The second-order valence-electron chi connectivity index (χ2n) is 7.03. The zero-order valence-electron chi connectivity index (χ0n) is 16.5. The van der Waals surface area contributed by atoms with Crippen molar-refractivity contribution in [1.29, 1.82) is 5.26 Å². The maximum atomic E-state index is 13.0. The maximum absolute atomic E-state index is 13.0. The normalized spacial score (nSPS) is 14.0. The van der Waals surface area contributed by atoms with Crippen LogP contribution in [-0.4, -0.2) is 51.5 Å². The SMILES string of the molecule is CCn1c(=O)c(=O)[nH]c2cc(C(=O)N3CCN(c4cc(C#N)ccn4)CC3)ccc21. The van der Waals surface area contributed by atoms with E-state index >= 15 is 0 Å². The van der Waals surface area contributed by atoms with Gasteiger partial charge in [0.05, 0.1) is 22.7 Å². The van der Waals surface area contributed by atoms with Gasteiger partial charge in [-0.25, -0.2) is 4.98 Å². The molecule has 0 atom stereocenters. The number of benzene rings is 1. The summed E-state index contributed by atoms with van der Waals surface area (Å²) in [6.07, 6.45) is 1.61. The first-order valence-electron chi connectivity index (χ1n) is 9.69. The van der Waals surface area contributed by atoms with Crippen LogP contribution in [0.5, 0.6) is 0 Å². The van der Waals surface area contributed by atoms with E-state index in [4.69, 9.17) is 5.26 Å². The van der Waals surface area contributed by atoms with Crippen molar-refractivity contribution in [2.24, 2.45) is 0 Å². The lowest BCUT2D eigenvalue weighted by molar-refractivity contribution is 0.0746. The summed E-state index contributed by atoms with van der Waals surface area (Å²) >= 11 is 0. The Morgan fingerprint density at radius 3 is 2.63 bits per heavy atom. The lowest BCUT2D eigenvalue weighted by Gasteiger charge is -2.35. The summed E-state index contributed by atoms with van der Waals surface area (Å²) < 4.78 is 1.39. The number of aromatic amines is 1. The van der Waals surface area contributed by atoms with Gasteiger partial charge in [0.1, 0.15) is 5.82 Å². The van der Waals surface area contributed by atoms with E-state index < -0.39 is 11.1 Å². The molecule has 0 aliphatic carbocycles. The number of fused-ring (bicyclic) bond motifs is 1. The van der Waals surface area contributed by atoms with E-state index in [0.717, 1.165) is 5.82 Å². The van der Waals surface area contributed by atoms with Gasteiger partial charge in [0.2, 0.25) is 0 Å². The van der Waals surface area contributed by atoms with Crippen molar-refractivity contribution >= 4 is 22.8 Å². The summed E-state index contributed by atoms with van der Waals surface area (Å²) in [5.74, 6) is 0.590. The summed E-state index contributed by atoms with van der Waals surface area (Å²) in [6.45, 7) is 4.40. The fraction of sp³-hybridized carbons (Fsp3) is 0.286. The number of aromatic nitrogens is 3. The Morgan fingerprint density at radius 1 is 1.17 bits per heavy atom. The van der Waals surface area contributed by atoms with Gasteiger partial charge in [-0.1, -0.05) is 0 Å². The van der Waals surface area contributed by atoms with Crippen molar-refractivity contribution in [3.63, 3.8) is 0 Å². The zero-order valence-corrected chi connectivity index (χ0v) is 16.5. The van der Waals surface area contributed by atoms with Crippen LogP contribution >= 0.6 is 0 Å². The maximum Gasteiger partial charge on any atom is 0.316 e. The number of rotatable bonds is 3. The Bertz CT molecular complexity index is 1280. The average Bonchev–Trinajstić information content (AvgIpc) is 2.79. The molecule has 0 spiro atoms. The Labute approximate surface area is 171 Å². The highest BCUT2D eigenvalue weighted by Gasteiger charge is 2.23. The molecule has 0 bridgehead atoms. The molecule has 1 saturated heterocycles. The number of piperazine rings is 1. The van der Waals surface area contributed by atoms with Crippen molar-refractivity contribution in [2.45, 2.75) is 13.5 Å². The number of nitriles is 1. The first-order valence-corrected chi connectivity index (χ1v) is 9.69. The smallest absolute Gasteiger partial charge is 0.316 e. The molecule has 4 rings (SSSR count). The van der Waals surface area contributed by atoms with Crippen LogP contribution in [0, 0.1) is 11.3 Å². The topological polar surface area (TPSA) is 115 Å². The number of hydrogen-bond donors (Lipinski definition) is 1. The number of nitrogens with one attached hydrogen (secondary N) is 1. The van der Waals surface area contributed by atoms with Gasteiger partial charge in [0.25, 0.3) is 5.91 Å². The largest absolute Gasteiger partial charge is 0.353 e. The van der Waals surface area contributed by atoms with Crippen LogP contribution in [-0.2, 0) is 6.54 Å². The standard InChI is InChI=1S/C21H20N6O3/c1-2-27-17-4-3-15(12-16(17)24-19(28)21(27)30)20(29)26-9-7-25(8-10-26)18-11-14(13-22)5-6-23-18/h3-6,11-12H,2,7-10H2,1H3,(H,24,28). The first-order chi connectivity index (χ1) is 14.5. The Kier molecular flexibility index (Phi) is 5.06. The molecule has 1 fully saturated rings. The zero-order chi connectivity index (χ0) is 21.3. The van der Waals surface area contributed by atoms with Crippen LogP contribution in [0.4, 0.5) is 5.82 Å². The highest BCUT2D eigenvalue weighted by molar-refractivity contribution is 5.97. The number of nitrogens with zero attached hydrogens (tertiary/aromatic N) is 5. The van der Waals surface area contributed by atoms with Gasteiger partial charge in [0, 0.05) is 44.5 Å². The second-order valence-corrected chi connectivity index (χ2v) is 7.03. The first kappa shape index (κ1) is 19.4. The predicted octanol–water partition coefficient (Wildman–Crippen LogP) is 0.939. The lowest BCUT2D eigenvalue weighted by Crippen LogP contribution is -2.49. The molecule has 1 aliphatic rings. The molecular weight excluding hydrogens is 384 g/mol. The number of amides is 1. The van der Waals surface area contributed by atoms with Gasteiger partial charge in [-0.2, -0.15) is 5.26 Å². The Morgan fingerprint density at radius 2 is 1.93 bits per heavy atom. The molecule has 9 heteroatoms. The highest BCUT2D eigenvalue weighted by Crippen LogP contribution is 2.18. The van der Waals surface area contributed by atoms with Crippen LogP contribution in [0.15, 0.2) is 46.1 Å². The van der Waals surface area contributed by atoms with Crippen molar-refractivity contribution in [2.75, 3.05) is 31.1 Å². The summed E-state index contributed by atoms with van der Waals surface area (Å²) in [6, 6.07) is 10.5. The molecule has 0 radical (unpaired) electrons. The summed E-state index contributed by atoms with van der Waals surface area (Å²) in [5.41, 5.74) is 0.756. The molecule has 1 aromatic carbocycles. The third-order valence-electron chi connectivity index (χ3n) is 5.30. The van der Waals surface area contributed by atoms with Crippen molar-refractivity contribution in [3.8, 4) is 6.07 Å². The minimum atomic E-state index is -0.699. The number of carbonyl (C=O) groups is 1. The number of hydrogen-bond acceptors (Lipinski definition) is 6. The van der Waals surface area contributed by atoms with Gasteiger partial charge in [-0.15, -0.1) is 0 Å². The van der Waals surface area contributed by atoms with E-state index in [1.54, 1.807) is 48.4 Å². The highest BCUT2D eigenvalue weighted by atomic mass is 16.2. The van der Waals surface area contributed by atoms with Crippen LogP contribution in [0.3, 0.4) is 0 Å². The van der Waals surface area contributed by atoms with Gasteiger partial charge in [-0.3, -0.25) is 14.4 Å². The average molecular weight is 404 g/mol. The molecule has 1 aliphatic heterocycles. The Hall–Kier alpha value is -3.93. The number of carbonyl (C=O) groups excluding carboxylic acids is 1. The molecule has 152 valence electrons. The van der Waals surface area contributed by atoms with E-state index in [1.807, 2.05) is 4.90 Å². The van der Waals surface area contributed by atoms with E-state index in [-0.39, 0.29) is 5.91 Å². The number of anilines is 1. The Balaban J connectivity index is 1.53. The van der Waals surface area contributed by atoms with Crippen molar-refractivity contribution < 1.29 is 4.79 Å². The van der Waals surface area contributed by atoms with Crippen LogP contribution in [0.25, 0.3) is 11.0 Å². The third-order valence-corrected chi connectivity index (χ3v) is 5.30. The van der Waals surface area contributed by atoms with E-state index in [0.29, 0.717) is 54.9 Å². The monoisotopic (exact) mass is 404 g/mol. The predicted molar refractivity (Wildman–Crippen MR) is 112 cm³/mol. The van der Waals surface area contributed by atoms with Crippen LogP contribution in [0.2, 0.25) is 0 Å².